The molecule has 0 spiro atoms. The number of para-hydroxylation sites is 1. The Labute approximate surface area is 181 Å². The average Bonchev–Trinajstić information content (AvgIpc) is 2.95. The molecule has 160 valence electrons. The number of hydrogen-bond acceptors (Lipinski definition) is 5. The minimum Gasteiger partial charge on any atom is -0.497 e. The van der Waals surface area contributed by atoms with Crippen molar-refractivity contribution in [3.63, 3.8) is 0 Å². The molecule has 2 aromatic carbocycles. The number of rotatable bonds is 6. The van der Waals surface area contributed by atoms with Crippen molar-refractivity contribution in [1.82, 2.24) is 9.97 Å². The van der Waals surface area contributed by atoms with Crippen LogP contribution in [0.15, 0.2) is 59.7 Å². The molecule has 31 heavy (non-hydrogen) atoms. The number of fused-ring (bicyclic) bond motifs is 1. The van der Waals surface area contributed by atoms with Crippen molar-refractivity contribution in [2.24, 2.45) is 10.9 Å². The van der Waals surface area contributed by atoms with Crippen molar-refractivity contribution in [3.8, 4) is 5.75 Å². The van der Waals surface area contributed by atoms with Crippen LogP contribution in [0.3, 0.4) is 0 Å². The van der Waals surface area contributed by atoms with Gasteiger partial charge in [-0.2, -0.15) is 0 Å². The summed E-state index contributed by atoms with van der Waals surface area (Å²) in [4.78, 5) is 13.8. The normalized spacial score (nSPS) is 16.9. The highest BCUT2D eigenvalue weighted by atomic mass is 19.1. The number of benzene rings is 2. The van der Waals surface area contributed by atoms with Gasteiger partial charge in [0.25, 0.3) is 0 Å². The summed E-state index contributed by atoms with van der Waals surface area (Å²) in [7, 11) is 1.64. The molecule has 3 aromatic rings. The fourth-order valence-corrected chi connectivity index (χ4v) is 3.68. The van der Waals surface area contributed by atoms with Gasteiger partial charge in [-0.15, -0.1) is 0 Å². The van der Waals surface area contributed by atoms with Crippen LogP contribution in [0.4, 0.5) is 27.4 Å². The minimum absolute atomic E-state index is 0.205. The van der Waals surface area contributed by atoms with E-state index >= 15 is 0 Å². The number of anilines is 3. The molecule has 0 bridgehead atoms. The van der Waals surface area contributed by atoms with Gasteiger partial charge in [0.1, 0.15) is 23.1 Å². The van der Waals surface area contributed by atoms with Gasteiger partial charge in [-0.25, -0.2) is 19.4 Å². The van der Waals surface area contributed by atoms with Crippen molar-refractivity contribution in [3.05, 3.63) is 66.2 Å². The van der Waals surface area contributed by atoms with E-state index in [1.165, 1.54) is 6.07 Å². The maximum Gasteiger partial charge on any atom is 0.227 e. The summed E-state index contributed by atoms with van der Waals surface area (Å²) in [6.07, 6.45) is 5.44. The second-order valence-electron chi connectivity index (χ2n) is 7.51. The van der Waals surface area contributed by atoms with Gasteiger partial charge in [0, 0.05) is 11.6 Å². The summed E-state index contributed by atoms with van der Waals surface area (Å²) < 4.78 is 19.4. The first kappa shape index (κ1) is 20.8. The lowest BCUT2D eigenvalue weighted by atomic mass is 9.97. The lowest BCUT2D eigenvalue weighted by Crippen LogP contribution is -2.21. The summed E-state index contributed by atoms with van der Waals surface area (Å²) in [6, 6.07) is 14.2. The first-order chi connectivity index (χ1) is 15.2. The van der Waals surface area contributed by atoms with Gasteiger partial charge in [0.2, 0.25) is 5.95 Å². The van der Waals surface area contributed by atoms with Gasteiger partial charge in [-0.05, 0) is 55.7 Å². The molecule has 0 saturated carbocycles. The Balaban J connectivity index is 1.60. The molecule has 1 unspecified atom stereocenters. The number of methoxy groups -OCH3 is 1. The Bertz CT molecular complexity index is 1070. The van der Waals surface area contributed by atoms with E-state index < -0.39 is 0 Å². The molecule has 2 heterocycles. The van der Waals surface area contributed by atoms with E-state index in [9.17, 15) is 4.39 Å². The lowest BCUT2D eigenvalue weighted by molar-refractivity contribution is 0.415. The van der Waals surface area contributed by atoms with E-state index in [1.807, 2.05) is 24.3 Å². The fraction of sp³-hybridized carbons (Fsp3) is 0.292. The zero-order chi connectivity index (χ0) is 21.6. The van der Waals surface area contributed by atoms with E-state index in [4.69, 9.17) is 9.72 Å². The molecule has 0 saturated heterocycles. The van der Waals surface area contributed by atoms with E-state index in [-0.39, 0.29) is 11.7 Å². The third-order valence-corrected chi connectivity index (χ3v) is 5.32. The number of hydrogen-bond donors (Lipinski definition) is 2. The highest BCUT2D eigenvalue weighted by Gasteiger charge is 2.23. The van der Waals surface area contributed by atoms with Crippen LogP contribution in [0.5, 0.6) is 5.75 Å². The summed E-state index contributed by atoms with van der Waals surface area (Å²) in [5, 5.41) is 6.63. The second-order valence-corrected chi connectivity index (χ2v) is 7.51. The molecule has 1 atom stereocenters. The van der Waals surface area contributed by atoms with Crippen LogP contribution in [0.1, 0.15) is 31.9 Å². The Morgan fingerprint density at radius 3 is 2.74 bits per heavy atom. The third-order valence-electron chi connectivity index (χ3n) is 5.32. The van der Waals surface area contributed by atoms with Gasteiger partial charge in [-0.3, -0.25) is 0 Å². The minimum atomic E-state index is -0.327. The van der Waals surface area contributed by atoms with Crippen LogP contribution in [0, 0.1) is 11.7 Å². The molecule has 1 aliphatic heterocycles. The van der Waals surface area contributed by atoms with E-state index in [2.05, 4.69) is 27.5 Å². The molecular weight excluding hydrogens is 393 g/mol. The SMILES string of the molecule is CCCC1CCc2nc(Nc3ccc(OC)cc3)ncc2NC1=Nc1ccccc1F. The summed E-state index contributed by atoms with van der Waals surface area (Å²) in [5.74, 6) is 1.97. The molecule has 1 aliphatic rings. The largest absolute Gasteiger partial charge is 0.497 e. The van der Waals surface area contributed by atoms with Crippen LogP contribution in [0.2, 0.25) is 0 Å². The van der Waals surface area contributed by atoms with Crippen molar-refractivity contribution >= 4 is 28.8 Å². The fourth-order valence-electron chi connectivity index (χ4n) is 3.68. The van der Waals surface area contributed by atoms with E-state index in [0.717, 1.165) is 54.3 Å². The Morgan fingerprint density at radius 1 is 1.19 bits per heavy atom. The lowest BCUT2D eigenvalue weighted by Gasteiger charge is -2.17. The standard InChI is InChI=1S/C24H26FN5O/c1-3-6-16-9-14-21-22(29-23(16)28-20-8-5-4-7-19(20)25)15-26-24(30-21)27-17-10-12-18(31-2)13-11-17/h4-5,7-8,10-13,15-16H,3,6,9,14H2,1-2H3,(H,28,29)(H,26,27,30). The summed E-state index contributed by atoms with van der Waals surface area (Å²) in [5.41, 5.74) is 2.96. The summed E-state index contributed by atoms with van der Waals surface area (Å²) >= 11 is 0. The van der Waals surface area contributed by atoms with Crippen molar-refractivity contribution in [2.75, 3.05) is 17.7 Å². The number of aliphatic imine (C=N–C) groups is 1. The molecule has 0 aliphatic carbocycles. The smallest absolute Gasteiger partial charge is 0.227 e. The van der Waals surface area contributed by atoms with E-state index in [1.54, 1.807) is 31.5 Å². The van der Waals surface area contributed by atoms with Crippen LogP contribution >= 0.6 is 0 Å². The molecule has 2 N–H and O–H groups in total. The molecule has 0 radical (unpaired) electrons. The first-order valence-electron chi connectivity index (χ1n) is 10.5. The highest BCUT2D eigenvalue weighted by molar-refractivity contribution is 5.99. The van der Waals surface area contributed by atoms with Gasteiger partial charge < -0.3 is 15.4 Å². The number of amidine groups is 1. The monoisotopic (exact) mass is 419 g/mol. The number of halogens is 1. The third kappa shape index (κ3) is 4.99. The summed E-state index contributed by atoms with van der Waals surface area (Å²) in [6.45, 7) is 2.15. The Morgan fingerprint density at radius 2 is 2.00 bits per heavy atom. The number of aryl methyl sites for hydroxylation is 1. The van der Waals surface area contributed by atoms with Crippen LogP contribution in [-0.2, 0) is 6.42 Å². The van der Waals surface area contributed by atoms with E-state index in [0.29, 0.717) is 11.6 Å². The molecule has 0 amide bonds. The number of aromatic nitrogens is 2. The van der Waals surface area contributed by atoms with Gasteiger partial charge in [-0.1, -0.05) is 25.5 Å². The number of ether oxygens (including phenoxy) is 1. The molecule has 6 nitrogen and oxygen atoms in total. The topological polar surface area (TPSA) is 71.4 Å². The van der Waals surface area contributed by atoms with Gasteiger partial charge >= 0.3 is 0 Å². The molecular formula is C24H26FN5O. The van der Waals surface area contributed by atoms with Crippen molar-refractivity contribution in [2.45, 2.75) is 32.6 Å². The molecule has 1 aromatic heterocycles. The Hall–Kier alpha value is -3.48. The van der Waals surface area contributed by atoms with Gasteiger partial charge in [0.15, 0.2) is 0 Å². The van der Waals surface area contributed by atoms with Crippen molar-refractivity contribution in [1.29, 1.82) is 0 Å². The Kier molecular flexibility index (Phi) is 6.40. The predicted octanol–water partition coefficient (Wildman–Crippen LogP) is 5.87. The number of nitrogens with one attached hydrogen (secondary N) is 2. The quantitative estimate of drug-likeness (QED) is 0.523. The molecule has 4 rings (SSSR count). The van der Waals surface area contributed by atoms with Crippen LogP contribution in [-0.4, -0.2) is 22.9 Å². The zero-order valence-electron chi connectivity index (χ0n) is 17.7. The maximum atomic E-state index is 14.2. The van der Waals surface area contributed by atoms with Crippen molar-refractivity contribution < 1.29 is 9.13 Å². The molecule has 0 fully saturated rings. The first-order valence-corrected chi connectivity index (χ1v) is 10.5. The average molecular weight is 420 g/mol. The van der Waals surface area contributed by atoms with Crippen LogP contribution in [0.25, 0.3) is 0 Å². The second kappa shape index (κ2) is 9.55. The highest BCUT2D eigenvalue weighted by Crippen LogP contribution is 2.29. The zero-order valence-corrected chi connectivity index (χ0v) is 17.7. The maximum absolute atomic E-state index is 14.2. The number of nitrogens with zero attached hydrogens (tertiary/aromatic N) is 3. The predicted molar refractivity (Wildman–Crippen MR) is 122 cm³/mol. The van der Waals surface area contributed by atoms with Gasteiger partial charge in [0.05, 0.1) is 24.7 Å². The van der Waals surface area contributed by atoms with Crippen LogP contribution < -0.4 is 15.4 Å². The molecule has 7 heteroatoms.